The molecule has 0 aromatic carbocycles. The van der Waals surface area contributed by atoms with Gasteiger partial charge in [-0.3, -0.25) is 4.79 Å². The molecular formula is C14H24N2O3. The SMILES string of the molecule is CCOC(=O)C1(NC(=O)C2CCNC2)CCCCC1. The normalized spacial score (nSPS) is 25.8. The third-order valence-electron chi connectivity index (χ3n) is 4.17. The fourth-order valence-electron chi connectivity index (χ4n) is 3.02. The van der Waals surface area contributed by atoms with Crippen molar-refractivity contribution < 1.29 is 14.3 Å². The van der Waals surface area contributed by atoms with E-state index < -0.39 is 5.54 Å². The second kappa shape index (κ2) is 6.37. The molecule has 1 unspecified atom stereocenters. The minimum Gasteiger partial charge on any atom is -0.464 e. The van der Waals surface area contributed by atoms with Crippen LogP contribution in [0.25, 0.3) is 0 Å². The number of carbonyl (C=O) groups is 2. The van der Waals surface area contributed by atoms with Crippen molar-refractivity contribution in [2.45, 2.75) is 51.0 Å². The van der Waals surface area contributed by atoms with Crippen molar-refractivity contribution in [3.05, 3.63) is 0 Å². The van der Waals surface area contributed by atoms with E-state index in [1.54, 1.807) is 6.92 Å². The highest BCUT2D eigenvalue weighted by atomic mass is 16.5. The first kappa shape index (κ1) is 14.3. The number of ether oxygens (including phenoxy) is 1. The Bertz CT molecular complexity index is 332. The minimum absolute atomic E-state index is 0.0000435. The zero-order valence-electron chi connectivity index (χ0n) is 11.7. The fraction of sp³-hybridized carbons (Fsp3) is 0.857. The number of rotatable bonds is 4. The summed E-state index contributed by atoms with van der Waals surface area (Å²) in [6.45, 7) is 3.76. The summed E-state index contributed by atoms with van der Waals surface area (Å²) in [7, 11) is 0. The van der Waals surface area contributed by atoms with Crippen molar-refractivity contribution >= 4 is 11.9 Å². The molecule has 2 rings (SSSR count). The molecule has 1 atom stereocenters. The summed E-state index contributed by atoms with van der Waals surface area (Å²) in [5.74, 6) is -0.262. The highest BCUT2D eigenvalue weighted by Gasteiger charge is 2.43. The van der Waals surface area contributed by atoms with Crippen LogP contribution in [-0.4, -0.2) is 37.1 Å². The molecule has 0 bridgehead atoms. The van der Waals surface area contributed by atoms with Gasteiger partial charge in [0, 0.05) is 6.54 Å². The second-order valence-electron chi connectivity index (χ2n) is 5.54. The Kier molecular flexibility index (Phi) is 4.80. The molecule has 1 saturated heterocycles. The van der Waals surface area contributed by atoms with Crippen LogP contribution in [-0.2, 0) is 14.3 Å². The molecule has 1 heterocycles. The molecule has 2 aliphatic rings. The van der Waals surface area contributed by atoms with Crippen molar-refractivity contribution in [2.75, 3.05) is 19.7 Å². The zero-order valence-corrected chi connectivity index (χ0v) is 11.7. The van der Waals surface area contributed by atoms with E-state index in [4.69, 9.17) is 4.74 Å². The summed E-state index contributed by atoms with van der Waals surface area (Å²) in [4.78, 5) is 24.5. The second-order valence-corrected chi connectivity index (χ2v) is 5.54. The number of amides is 1. The van der Waals surface area contributed by atoms with E-state index in [2.05, 4.69) is 10.6 Å². The molecule has 0 aromatic heterocycles. The first-order valence-corrected chi connectivity index (χ1v) is 7.38. The Morgan fingerprint density at radius 3 is 2.63 bits per heavy atom. The molecule has 5 heteroatoms. The maximum atomic E-state index is 12.3. The molecule has 1 saturated carbocycles. The smallest absolute Gasteiger partial charge is 0.331 e. The third-order valence-corrected chi connectivity index (χ3v) is 4.17. The van der Waals surface area contributed by atoms with Gasteiger partial charge in [-0.05, 0) is 32.7 Å². The molecular weight excluding hydrogens is 244 g/mol. The largest absolute Gasteiger partial charge is 0.464 e. The number of hydrogen-bond donors (Lipinski definition) is 2. The van der Waals surface area contributed by atoms with Gasteiger partial charge in [0.05, 0.1) is 12.5 Å². The summed E-state index contributed by atoms with van der Waals surface area (Å²) in [5, 5.41) is 6.19. The van der Waals surface area contributed by atoms with Gasteiger partial charge in [0.1, 0.15) is 5.54 Å². The number of carbonyl (C=O) groups excluding carboxylic acids is 2. The lowest BCUT2D eigenvalue weighted by atomic mass is 9.81. The Morgan fingerprint density at radius 2 is 2.05 bits per heavy atom. The average molecular weight is 268 g/mol. The Hall–Kier alpha value is -1.10. The van der Waals surface area contributed by atoms with Crippen LogP contribution in [0.1, 0.15) is 45.4 Å². The molecule has 0 radical (unpaired) electrons. The van der Waals surface area contributed by atoms with E-state index in [-0.39, 0.29) is 17.8 Å². The molecule has 2 fully saturated rings. The van der Waals surface area contributed by atoms with Gasteiger partial charge in [-0.25, -0.2) is 4.79 Å². The highest BCUT2D eigenvalue weighted by molar-refractivity contribution is 5.89. The van der Waals surface area contributed by atoms with Crippen LogP contribution in [0, 0.1) is 5.92 Å². The van der Waals surface area contributed by atoms with Crippen molar-refractivity contribution in [3.63, 3.8) is 0 Å². The van der Waals surface area contributed by atoms with Crippen molar-refractivity contribution in [2.24, 2.45) is 5.92 Å². The van der Waals surface area contributed by atoms with Crippen LogP contribution >= 0.6 is 0 Å². The summed E-state index contributed by atoms with van der Waals surface area (Å²) >= 11 is 0. The highest BCUT2D eigenvalue weighted by Crippen LogP contribution is 2.30. The van der Waals surface area contributed by atoms with Crippen LogP contribution < -0.4 is 10.6 Å². The van der Waals surface area contributed by atoms with Gasteiger partial charge in [0.15, 0.2) is 0 Å². The molecule has 1 aliphatic carbocycles. The van der Waals surface area contributed by atoms with E-state index in [1.165, 1.54) is 0 Å². The van der Waals surface area contributed by atoms with E-state index in [0.29, 0.717) is 26.0 Å². The molecule has 108 valence electrons. The van der Waals surface area contributed by atoms with Crippen LogP contribution in [0.5, 0.6) is 0 Å². The fourth-order valence-corrected chi connectivity index (χ4v) is 3.02. The van der Waals surface area contributed by atoms with E-state index in [9.17, 15) is 9.59 Å². The summed E-state index contributed by atoms with van der Waals surface area (Å²) < 4.78 is 5.18. The lowest BCUT2D eigenvalue weighted by Crippen LogP contribution is -2.57. The van der Waals surface area contributed by atoms with Crippen LogP contribution in [0.2, 0.25) is 0 Å². The van der Waals surface area contributed by atoms with Gasteiger partial charge in [0.2, 0.25) is 5.91 Å². The van der Waals surface area contributed by atoms with Gasteiger partial charge >= 0.3 is 5.97 Å². The van der Waals surface area contributed by atoms with E-state index in [0.717, 1.165) is 32.2 Å². The number of hydrogen-bond acceptors (Lipinski definition) is 4. The zero-order chi connectivity index (χ0) is 13.7. The van der Waals surface area contributed by atoms with Crippen molar-refractivity contribution in [1.82, 2.24) is 10.6 Å². The Labute approximate surface area is 114 Å². The lowest BCUT2D eigenvalue weighted by molar-refractivity contribution is -0.155. The molecule has 0 aromatic rings. The number of esters is 1. The average Bonchev–Trinajstić information content (AvgIpc) is 2.94. The van der Waals surface area contributed by atoms with Gasteiger partial charge in [-0.1, -0.05) is 19.3 Å². The Morgan fingerprint density at radius 1 is 1.32 bits per heavy atom. The molecule has 2 N–H and O–H groups in total. The van der Waals surface area contributed by atoms with Gasteiger partial charge < -0.3 is 15.4 Å². The summed E-state index contributed by atoms with van der Waals surface area (Å²) in [6.07, 6.45) is 5.34. The predicted molar refractivity (Wildman–Crippen MR) is 71.6 cm³/mol. The minimum atomic E-state index is -0.770. The summed E-state index contributed by atoms with van der Waals surface area (Å²) in [5.41, 5.74) is -0.770. The number of nitrogens with one attached hydrogen (secondary N) is 2. The van der Waals surface area contributed by atoms with Crippen LogP contribution in [0.15, 0.2) is 0 Å². The van der Waals surface area contributed by atoms with Gasteiger partial charge in [0.25, 0.3) is 0 Å². The molecule has 1 aliphatic heterocycles. The maximum Gasteiger partial charge on any atom is 0.331 e. The van der Waals surface area contributed by atoms with Crippen molar-refractivity contribution in [1.29, 1.82) is 0 Å². The standard InChI is InChI=1S/C14H24N2O3/c1-2-19-13(18)14(7-4-3-5-8-14)16-12(17)11-6-9-15-10-11/h11,15H,2-10H2,1H3,(H,16,17). The topological polar surface area (TPSA) is 67.4 Å². The predicted octanol–water partition coefficient (Wildman–Crippen LogP) is 0.978. The van der Waals surface area contributed by atoms with E-state index >= 15 is 0 Å². The quantitative estimate of drug-likeness (QED) is 0.746. The van der Waals surface area contributed by atoms with Gasteiger partial charge in [-0.2, -0.15) is 0 Å². The van der Waals surface area contributed by atoms with Gasteiger partial charge in [-0.15, -0.1) is 0 Å². The molecule has 5 nitrogen and oxygen atoms in total. The van der Waals surface area contributed by atoms with Crippen LogP contribution in [0.3, 0.4) is 0 Å². The lowest BCUT2D eigenvalue weighted by Gasteiger charge is -2.36. The first-order valence-electron chi connectivity index (χ1n) is 7.38. The van der Waals surface area contributed by atoms with Crippen molar-refractivity contribution in [3.8, 4) is 0 Å². The monoisotopic (exact) mass is 268 g/mol. The van der Waals surface area contributed by atoms with Crippen LogP contribution in [0.4, 0.5) is 0 Å². The first-order chi connectivity index (χ1) is 9.18. The third kappa shape index (κ3) is 3.26. The summed E-state index contributed by atoms with van der Waals surface area (Å²) in [6, 6.07) is 0. The maximum absolute atomic E-state index is 12.3. The molecule has 0 spiro atoms. The molecule has 19 heavy (non-hydrogen) atoms. The van der Waals surface area contributed by atoms with E-state index in [1.807, 2.05) is 0 Å². The Balaban J connectivity index is 2.04. The molecule has 1 amide bonds.